The first-order valence-electron chi connectivity index (χ1n) is 7.52. The van der Waals surface area contributed by atoms with Crippen molar-refractivity contribution in [1.82, 2.24) is 4.90 Å². The number of carbonyl (C=O) groups excluding carboxylic acids is 1. The minimum atomic E-state index is 0.0864. The molecule has 3 N–H and O–H groups in total. The minimum absolute atomic E-state index is 0.0864. The van der Waals surface area contributed by atoms with Gasteiger partial charge in [0.05, 0.1) is 0 Å². The number of nitrogens with two attached hydrogens (primary N) is 1. The molecule has 0 saturated carbocycles. The fourth-order valence-electron chi connectivity index (χ4n) is 2.68. The number of anilines is 1. The first-order chi connectivity index (χ1) is 9.69. The molecule has 4 nitrogen and oxygen atoms in total. The van der Waals surface area contributed by atoms with Gasteiger partial charge < -0.3 is 16.0 Å². The highest BCUT2D eigenvalue weighted by Crippen LogP contribution is 2.16. The van der Waals surface area contributed by atoms with Crippen LogP contribution in [-0.2, 0) is 11.3 Å². The van der Waals surface area contributed by atoms with Crippen molar-refractivity contribution in [3.8, 4) is 0 Å². The van der Waals surface area contributed by atoms with Crippen LogP contribution in [0.15, 0.2) is 24.3 Å². The Morgan fingerprint density at radius 2 is 2.10 bits per heavy atom. The van der Waals surface area contributed by atoms with Crippen molar-refractivity contribution in [3.63, 3.8) is 0 Å². The zero-order valence-corrected chi connectivity index (χ0v) is 12.3. The summed E-state index contributed by atoms with van der Waals surface area (Å²) in [6.07, 6.45) is 4.38. The Labute approximate surface area is 121 Å². The first-order valence-corrected chi connectivity index (χ1v) is 7.52. The molecule has 110 valence electrons. The number of hydrogen-bond acceptors (Lipinski definition) is 3. The number of rotatable bonds is 5. The largest absolute Gasteiger partial charge is 0.326 e. The van der Waals surface area contributed by atoms with Gasteiger partial charge in [0.2, 0.25) is 5.91 Å². The van der Waals surface area contributed by atoms with Gasteiger partial charge >= 0.3 is 0 Å². The average Bonchev–Trinajstić information content (AvgIpc) is 2.47. The molecular weight excluding hydrogens is 250 g/mol. The van der Waals surface area contributed by atoms with Crippen LogP contribution in [-0.4, -0.2) is 29.9 Å². The van der Waals surface area contributed by atoms with Crippen molar-refractivity contribution in [2.75, 3.05) is 18.4 Å². The van der Waals surface area contributed by atoms with E-state index in [1.165, 1.54) is 19.3 Å². The van der Waals surface area contributed by atoms with Gasteiger partial charge in [0.25, 0.3) is 0 Å². The van der Waals surface area contributed by atoms with Crippen molar-refractivity contribution < 1.29 is 4.79 Å². The number of nitrogens with one attached hydrogen (secondary N) is 1. The van der Waals surface area contributed by atoms with E-state index in [0.29, 0.717) is 19.0 Å². The summed E-state index contributed by atoms with van der Waals surface area (Å²) in [4.78, 5) is 14.4. The molecule has 2 rings (SSSR count). The van der Waals surface area contributed by atoms with Gasteiger partial charge in [-0.3, -0.25) is 4.79 Å². The molecule has 1 aromatic rings. The molecule has 1 atom stereocenters. The smallest absolute Gasteiger partial charge is 0.225 e. The Morgan fingerprint density at radius 3 is 2.75 bits per heavy atom. The second kappa shape index (κ2) is 7.41. The summed E-state index contributed by atoms with van der Waals surface area (Å²) in [5.41, 5.74) is 7.47. The van der Waals surface area contributed by atoms with Gasteiger partial charge in [-0.1, -0.05) is 18.6 Å². The van der Waals surface area contributed by atoms with Crippen LogP contribution >= 0.6 is 0 Å². The molecule has 1 aliphatic rings. The van der Waals surface area contributed by atoms with Crippen molar-refractivity contribution in [2.45, 2.75) is 45.2 Å². The molecule has 4 heteroatoms. The number of hydrogen-bond donors (Lipinski definition) is 2. The Balaban J connectivity index is 1.76. The van der Waals surface area contributed by atoms with E-state index in [9.17, 15) is 4.79 Å². The topological polar surface area (TPSA) is 58.4 Å². The van der Waals surface area contributed by atoms with Crippen LogP contribution in [0.4, 0.5) is 5.69 Å². The van der Waals surface area contributed by atoms with Gasteiger partial charge in [-0.05, 0) is 44.0 Å². The van der Waals surface area contributed by atoms with Gasteiger partial charge in [-0.25, -0.2) is 0 Å². The molecule has 0 aliphatic carbocycles. The predicted octanol–water partition coefficient (Wildman–Crippen LogP) is 2.35. The Hall–Kier alpha value is -1.39. The molecule has 1 aromatic carbocycles. The number of amides is 1. The number of nitrogens with zero attached hydrogens (tertiary/aromatic N) is 1. The molecule has 0 bridgehead atoms. The van der Waals surface area contributed by atoms with E-state index in [-0.39, 0.29) is 5.91 Å². The third-order valence-electron chi connectivity index (χ3n) is 4.04. The maximum Gasteiger partial charge on any atom is 0.225 e. The van der Waals surface area contributed by atoms with Crippen LogP contribution < -0.4 is 11.1 Å². The Bertz CT molecular complexity index is 430. The normalized spacial score (nSPS) is 19.8. The molecule has 1 saturated heterocycles. The van der Waals surface area contributed by atoms with E-state index in [1.807, 2.05) is 24.3 Å². The lowest BCUT2D eigenvalue weighted by Crippen LogP contribution is -2.39. The number of piperidine rings is 1. The Kier molecular flexibility index (Phi) is 5.56. The summed E-state index contributed by atoms with van der Waals surface area (Å²) in [6.45, 7) is 4.76. The highest BCUT2D eigenvalue weighted by atomic mass is 16.1. The molecule has 0 spiro atoms. The molecule has 1 aliphatic heterocycles. The van der Waals surface area contributed by atoms with E-state index < -0.39 is 0 Å². The average molecular weight is 275 g/mol. The standard InChI is InChI=1S/C16H25N3O/c1-13-4-2-3-10-19(13)11-9-16(20)18-15-7-5-14(12-17)6-8-15/h5-8,13H,2-4,9-12,17H2,1H3,(H,18,20). The summed E-state index contributed by atoms with van der Waals surface area (Å²) in [5.74, 6) is 0.0864. The number of carbonyl (C=O) groups is 1. The first kappa shape index (κ1) is 15.0. The third-order valence-corrected chi connectivity index (χ3v) is 4.04. The molecule has 20 heavy (non-hydrogen) atoms. The minimum Gasteiger partial charge on any atom is -0.326 e. The van der Waals surface area contributed by atoms with Crippen molar-refractivity contribution in [2.24, 2.45) is 5.73 Å². The van der Waals surface area contributed by atoms with Gasteiger partial charge in [-0.15, -0.1) is 0 Å². The van der Waals surface area contributed by atoms with E-state index in [1.54, 1.807) is 0 Å². The molecule has 1 unspecified atom stereocenters. The molecular formula is C16H25N3O. The maximum atomic E-state index is 12.0. The summed E-state index contributed by atoms with van der Waals surface area (Å²) >= 11 is 0. The van der Waals surface area contributed by atoms with Gasteiger partial charge in [-0.2, -0.15) is 0 Å². The SMILES string of the molecule is CC1CCCCN1CCC(=O)Nc1ccc(CN)cc1. The summed E-state index contributed by atoms with van der Waals surface area (Å²) in [6, 6.07) is 8.32. The highest BCUT2D eigenvalue weighted by molar-refractivity contribution is 5.90. The van der Waals surface area contributed by atoms with Crippen LogP contribution in [0.1, 0.15) is 38.2 Å². The van der Waals surface area contributed by atoms with Gasteiger partial charge in [0, 0.05) is 31.2 Å². The van der Waals surface area contributed by atoms with E-state index in [0.717, 1.165) is 24.3 Å². The Morgan fingerprint density at radius 1 is 1.35 bits per heavy atom. The van der Waals surface area contributed by atoms with Crippen LogP contribution in [0.3, 0.4) is 0 Å². The van der Waals surface area contributed by atoms with E-state index in [4.69, 9.17) is 5.73 Å². The van der Waals surface area contributed by atoms with Crippen LogP contribution in [0.5, 0.6) is 0 Å². The lowest BCUT2D eigenvalue weighted by Gasteiger charge is -2.33. The molecule has 1 fully saturated rings. The van der Waals surface area contributed by atoms with Crippen LogP contribution in [0.2, 0.25) is 0 Å². The van der Waals surface area contributed by atoms with Crippen molar-refractivity contribution in [1.29, 1.82) is 0 Å². The highest BCUT2D eigenvalue weighted by Gasteiger charge is 2.18. The quantitative estimate of drug-likeness (QED) is 0.867. The number of benzene rings is 1. The van der Waals surface area contributed by atoms with Gasteiger partial charge in [0.15, 0.2) is 0 Å². The third kappa shape index (κ3) is 4.32. The van der Waals surface area contributed by atoms with Crippen molar-refractivity contribution in [3.05, 3.63) is 29.8 Å². The lowest BCUT2D eigenvalue weighted by atomic mass is 10.0. The number of likely N-dealkylation sites (tertiary alicyclic amines) is 1. The second-order valence-corrected chi connectivity index (χ2v) is 5.58. The fourth-order valence-corrected chi connectivity index (χ4v) is 2.68. The summed E-state index contributed by atoms with van der Waals surface area (Å²) in [7, 11) is 0. The molecule has 0 aromatic heterocycles. The summed E-state index contributed by atoms with van der Waals surface area (Å²) < 4.78 is 0. The molecule has 1 amide bonds. The molecule has 0 radical (unpaired) electrons. The van der Waals surface area contributed by atoms with Crippen molar-refractivity contribution >= 4 is 11.6 Å². The second-order valence-electron chi connectivity index (χ2n) is 5.58. The van der Waals surface area contributed by atoms with Gasteiger partial charge in [0.1, 0.15) is 0 Å². The lowest BCUT2D eigenvalue weighted by molar-refractivity contribution is -0.116. The molecule has 1 heterocycles. The monoisotopic (exact) mass is 275 g/mol. The zero-order chi connectivity index (χ0) is 14.4. The maximum absolute atomic E-state index is 12.0. The fraction of sp³-hybridized carbons (Fsp3) is 0.562. The van der Waals surface area contributed by atoms with E-state index >= 15 is 0 Å². The van der Waals surface area contributed by atoms with E-state index in [2.05, 4.69) is 17.1 Å². The van der Waals surface area contributed by atoms with Crippen LogP contribution in [0.25, 0.3) is 0 Å². The predicted molar refractivity (Wildman–Crippen MR) is 82.5 cm³/mol. The summed E-state index contributed by atoms with van der Waals surface area (Å²) in [5, 5.41) is 2.94. The van der Waals surface area contributed by atoms with Crippen LogP contribution in [0, 0.1) is 0 Å². The zero-order valence-electron chi connectivity index (χ0n) is 12.3.